The van der Waals surface area contributed by atoms with Crippen LogP contribution in [0.2, 0.25) is 0 Å². The van der Waals surface area contributed by atoms with E-state index in [1.54, 1.807) is 0 Å². The van der Waals surface area contributed by atoms with Crippen LogP contribution in [0, 0.1) is 0 Å². The molecule has 0 aliphatic carbocycles. The summed E-state index contributed by atoms with van der Waals surface area (Å²) in [5, 5.41) is 5.32. The SMILES string of the molecule is CCN(CC(=O)Nc1ccc2ccccc2c1)Cc1ccc(N(C)C)cc1. The summed E-state index contributed by atoms with van der Waals surface area (Å²) in [6.45, 7) is 4.03. The summed E-state index contributed by atoms with van der Waals surface area (Å²) in [5.74, 6) is 0.0112. The Labute approximate surface area is 161 Å². The number of hydrogen-bond donors (Lipinski definition) is 1. The van der Waals surface area contributed by atoms with E-state index in [0.717, 1.165) is 24.2 Å². The molecule has 3 rings (SSSR count). The molecule has 27 heavy (non-hydrogen) atoms. The van der Waals surface area contributed by atoms with Crippen LogP contribution in [0.1, 0.15) is 12.5 Å². The van der Waals surface area contributed by atoms with Crippen molar-refractivity contribution in [2.75, 3.05) is 37.4 Å². The fourth-order valence-electron chi connectivity index (χ4n) is 3.11. The van der Waals surface area contributed by atoms with Gasteiger partial charge in [0, 0.05) is 32.0 Å². The summed E-state index contributed by atoms with van der Waals surface area (Å²) >= 11 is 0. The lowest BCUT2D eigenvalue weighted by Gasteiger charge is -2.20. The molecule has 0 saturated heterocycles. The van der Waals surface area contributed by atoms with Crippen molar-refractivity contribution in [3.63, 3.8) is 0 Å². The van der Waals surface area contributed by atoms with Gasteiger partial charge in [-0.15, -0.1) is 0 Å². The molecule has 140 valence electrons. The van der Waals surface area contributed by atoms with Crippen LogP contribution in [0.25, 0.3) is 10.8 Å². The first-order valence-corrected chi connectivity index (χ1v) is 9.32. The Morgan fingerprint density at radius 1 is 0.926 bits per heavy atom. The van der Waals surface area contributed by atoms with Crippen molar-refractivity contribution >= 4 is 28.1 Å². The van der Waals surface area contributed by atoms with Crippen molar-refractivity contribution in [1.82, 2.24) is 4.90 Å². The highest BCUT2D eigenvalue weighted by atomic mass is 16.2. The van der Waals surface area contributed by atoms with Crippen molar-refractivity contribution in [2.45, 2.75) is 13.5 Å². The minimum absolute atomic E-state index is 0.0112. The van der Waals surface area contributed by atoms with E-state index in [0.29, 0.717) is 6.54 Å². The molecule has 0 aliphatic rings. The number of carbonyl (C=O) groups excluding carboxylic acids is 1. The number of fused-ring (bicyclic) bond motifs is 1. The highest BCUT2D eigenvalue weighted by Crippen LogP contribution is 2.19. The zero-order valence-corrected chi connectivity index (χ0v) is 16.3. The van der Waals surface area contributed by atoms with Gasteiger partial charge in [-0.2, -0.15) is 0 Å². The Morgan fingerprint density at radius 2 is 1.63 bits per heavy atom. The molecule has 4 nitrogen and oxygen atoms in total. The van der Waals surface area contributed by atoms with Gasteiger partial charge in [-0.3, -0.25) is 9.69 Å². The monoisotopic (exact) mass is 361 g/mol. The van der Waals surface area contributed by atoms with Gasteiger partial charge in [0.15, 0.2) is 0 Å². The highest BCUT2D eigenvalue weighted by Gasteiger charge is 2.10. The number of rotatable bonds is 7. The maximum absolute atomic E-state index is 12.5. The van der Waals surface area contributed by atoms with Gasteiger partial charge in [-0.1, -0.05) is 49.4 Å². The van der Waals surface area contributed by atoms with Gasteiger partial charge in [0.05, 0.1) is 6.54 Å². The number of nitrogens with one attached hydrogen (secondary N) is 1. The summed E-state index contributed by atoms with van der Waals surface area (Å²) in [6, 6.07) is 22.6. The van der Waals surface area contributed by atoms with Gasteiger partial charge in [0.2, 0.25) is 5.91 Å². The summed E-state index contributed by atoms with van der Waals surface area (Å²) < 4.78 is 0. The van der Waals surface area contributed by atoms with Crippen LogP contribution < -0.4 is 10.2 Å². The fraction of sp³-hybridized carbons (Fsp3) is 0.261. The van der Waals surface area contributed by atoms with E-state index in [1.165, 1.54) is 16.6 Å². The molecule has 0 radical (unpaired) electrons. The predicted molar refractivity (Wildman–Crippen MR) is 114 cm³/mol. The summed E-state index contributed by atoms with van der Waals surface area (Å²) in [4.78, 5) is 16.7. The zero-order chi connectivity index (χ0) is 19.2. The molecule has 1 N–H and O–H groups in total. The lowest BCUT2D eigenvalue weighted by molar-refractivity contribution is -0.117. The molecule has 0 spiro atoms. The molecule has 0 saturated carbocycles. The van der Waals surface area contributed by atoms with Gasteiger partial charge in [0.1, 0.15) is 0 Å². The van der Waals surface area contributed by atoms with Crippen molar-refractivity contribution in [1.29, 1.82) is 0 Å². The van der Waals surface area contributed by atoms with Crippen molar-refractivity contribution in [3.05, 3.63) is 72.3 Å². The first-order valence-electron chi connectivity index (χ1n) is 9.32. The Hall–Kier alpha value is -2.85. The number of likely N-dealkylation sites (N-methyl/N-ethyl adjacent to an activating group) is 1. The lowest BCUT2D eigenvalue weighted by Crippen LogP contribution is -2.32. The molecule has 0 atom stereocenters. The molecule has 4 heteroatoms. The molecule has 1 amide bonds. The lowest BCUT2D eigenvalue weighted by atomic mass is 10.1. The Kier molecular flexibility index (Phi) is 6.09. The van der Waals surface area contributed by atoms with Crippen molar-refractivity contribution < 1.29 is 4.79 Å². The third-order valence-electron chi connectivity index (χ3n) is 4.71. The van der Waals surface area contributed by atoms with Crippen LogP contribution in [0.3, 0.4) is 0 Å². The third-order valence-corrected chi connectivity index (χ3v) is 4.71. The molecule has 3 aromatic carbocycles. The quantitative estimate of drug-likeness (QED) is 0.679. The van der Waals surface area contributed by atoms with Crippen LogP contribution in [0.5, 0.6) is 0 Å². The minimum atomic E-state index is 0.0112. The molecule has 0 aliphatic heterocycles. The van der Waals surface area contributed by atoms with Crippen LogP contribution >= 0.6 is 0 Å². The molecule has 0 bridgehead atoms. The summed E-state index contributed by atoms with van der Waals surface area (Å²) in [7, 11) is 4.06. The molecule has 0 aromatic heterocycles. The molecular formula is C23H27N3O. The van der Waals surface area contributed by atoms with E-state index in [-0.39, 0.29) is 5.91 Å². The summed E-state index contributed by atoms with van der Waals surface area (Å²) in [6.07, 6.45) is 0. The molecule has 0 fully saturated rings. The number of amides is 1. The van der Waals surface area contributed by atoms with E-state index in [1.807, 2.05) is 44.4 Å². The van der Waals surface area contributed by atoms with E-state index < -0.39 is 0 Å². The van der Waals surface area contributed by atoms with E-state index in [9.17, 15) is 4.79 Å². The first kappa shape index (κ1) is 18.9. The Balaban J connectivity index is 1.60. The van der Waals surface area contributed by atoms with Crippen molar-refractivity contribution in [2.24, 2.45) is 0 Å². The molecule has 3 aromatic rings. The van der Waals surface area contributed by atoms with Crippen LogP contribution in [-0.4, -0.2) is 38.0 Å². The second-order valence-electron chi connectivity index (χ2n) is 6.97. The molecule has 0 heterocycles. The van der Waals surface area contributed by atoms with Gasteiger partial charge >= 0.3 is 0 Å². The number of nitrogens with zero attached hydrogens (tertiary/aromatic N) is 2. The second-order valence-corrected chi connectivity index (χ2v) is 6.97. The Morgan fingerprint density at radius 3 is 2.30 bits per heavy atom. The maximum atomic E-state index is 12.5. The number of hydrogen-bond acceptors (Lipinski definition) is 3. The van der Waals surface area contributed by atoms with E-state index in [2.05, 4.69) is 58.4 Å². The predicted octanol–water partition coefficient (Wildman–Crippen LogP) is 4.37. The zero-order valence-electron chi connectivity index (χ0n) is 16.3. The first-order chi connectivity index (χ1) is 13.0. The highest BCUT2D eigenvalue weighted by molar-refractivity contribution is 5.95. The molecular weight excluding hydrogens is 334 g/mol. The van der Waals surface area contributed by atoms with Crippen LogP contribution in [0.4, 0.5) is 11.4 Å². The van der Waals surface area contributed by atoms with Crippen molar-refractivity contribution in [3.8, 4) is 0 Å². The van der Waals surface area contributed by atoms with Gasteiger partial charge < -0.3 is 10.2 Å². The average Bonchev–Trinajstić information content (AvgIpc) is 2.67. The second kappa shape index (κ2) is 8.69. The maximum Gasteiger partial charge on any atom is 0.238 e. The number of anilines is 2. The third kappa shape index (κ3) is 5.08. The number of carbonyl (C=O) groups is 1. The van der Waals surface area contributed by atoms with Gasteiger partial charge in [-0.05, 0) is 47.1 Å². The van der Waals surface area contributed by atoms with E-state index >= 15 is 0 Å². The van der Waals surface area contributed by atoms with Gasteiger partial charge in [-0.25, -0.2) is 0 Å². The van der Waals surface area contributed by atoms with Gasteiger partial charge in [0.25, 0.3) is 0 Å². The number of benzene rings is 3. The minimum Gasteiger partial charge on any atom is -0.378 e. The van der Waals surface area contributed by atoms with Crippen LogP contribution in [-0.2, 0) is 11.3 Å². The Bertz CT molecular complexity index is 903. The van der Waals surface area contributed by atoms with Crippen LogP contribution in [0.15, 0.2) is 66.7 Å². The topological polar surface area (TPSA) is 35.6 Å². The van der Waals surface area contributed by atoms with E-state index in [4.69, 9.17) is 0 Å². The average molecular weight is 361 g/mol. The largest absolute Gasteiger partial charge is 0.378 e. The smallest absolute Gasteiger partial charge is 0.238 e. The normalized spacial score (nSPS) is 11.0. The summed E-state index contributed by atoms with van der Waals surface area (Å²) in [5.41, 5.74) is 3.22. The standard InChI is InChI=1S/C23H27N3O/c1-4-26(16-18-9-13-22(14-10-18)25(2)3)17-23(27)24-21-12-11-19-7-5-6-8-20(19)15-21/h5-15H,4,16-17H2,1-3H3,(H,24,27). The molecule has 0 unspecified atom stereocenters. The fourth-order valence-corrected chi connectivity index (χ4v) is 3.11.